The van der Waals surface area contributed by atoms with Crippen LogP contribution >= 0.6 is 0 Å². The molecule has 5 atom stereocenters. The van der Waals surface area contributed by atoms with Crippen LogP contribution < -0.4 is 0 Å². The molecular weight excluding hydrogens is 410 g/mol. The summed E-state index contributed by atoms with van der Waals surface area (Å²) in [6.45, 7) is 9.25. The molecule has 0 bridgehead atoms. The number of rotatable bonds is 4. The Morgan fingerprint density at radius 1 is 1.06 bits per heavy atom. The summed E-state index contributed by atoms with van der Waals surface area (Å²) in [4.78, 5) is 17.8. The van der Waals surface area contributed by atoms with Gasteiger partial charge in [-0.3, -0.25) is 4.79 Å². The van der Waals surface area contributed by atoms with Crippen LogP contribution in [0.2, 0.25) is 0 Å². The van der Waals surface area contributed by atoms with Crippen LogP contribution in [0.4, 0.5) is 8.78 Å². The number of nitrogens with zero attached hydrogens (tertiary/aromatic N) is 2. The van der Waals surface area contributed by atoms with Crippen LogP contribution in [0.5, 0.6) is 0 Å². The van der Waals surface area contributed by atoms with Gasteiger partial charge in [-0.1, -0.05) is 46.1 Å². The van der Waals surface area contributed by atoms with Gasteiger partial charge in [-0.05, 0) is 36.9 Å². The number of carbonyl (C=O) groups is 1. The minimum atomic E-state index is -0.731. The Balaban J connectivity index is 1.53. The summed E-state index contributed by atoms with van der Waals surface area (Å²) in [5.74, 6) is -1.45. The smallest absolute Gasteiger partial charge is 0.227 e. The van der Waals surface area contributed by atoms with E-state index in [0.717, 1.165) is 25.5 Å². The summed E-state index contributed by atoms with van der Waals surface area (Å²) >= 11 is 0. The lowest BCUT2D eigenvalue weighted by Crippen LogP contribution is -2.62. The molecule has 0 unspecified atom stereocenters. The largest absolute Gasteiger partial charge is 0.389 e. The van der Waals surface area contributed by atoms with Crippen LogP contribution in [0.1, 0.15) is 64.4 Å². The third kappa shape index (κ3) is 4.21. The van der Waals surface area contributed by atoms with Crippen LogP contribution in [0, 0.1) is 35.3 Å². The lowest BCUT2D eigenvalue weighted by molar-refractivity contribution is -0.166. The van der Waals surface area contributed by atoms with Crippen molar-refractivity contribution in [3.63, 3.8) is 0 Å². The lowest BCUT2D eigenvalue weighted by Gasteiger charge is -2.53. The fourth-order valence-electron chi connectivity index (χ4n) is 6.81. The van der Waals surface area contributed by atoms with Crippen LogP contribution in [0.15, 0.2) is 18.2 Å². The highest BCUT2D eigenvalue weighted by atomic mass is 19.1. The molecule has 4 nitrogen and oxygen atoms in total. The molecule has 4 rings (SSSR count). The van der Waals surface area contributed by atoms with Gasteiger partial charge >= 0.3 is 0 Å². The van der Waals surface area contributed by atoms with Gasteiger partial charge in [0.2, 0.25) is 5.91 Å². The zero-order valence-electron chi connectivity index (χ0n) is 19.7. The maximum Gasteiger partial charge on any atom is 0.227 e. The molecule has 1 saturated carbocycles. The molecular formula is C26H38F2N2O2. The third-order valence-corrected chi connectivity index (χ3v) is 8.66. The first-order chi connectivity index (χ1) is 15.3. The maximum atomic E-state index is 14.6. The Hall–Kier alpha value is -1.53. The van der Waals surface area contributed by atoms with E-state index in [-0.39, 0.29) is 29.6 Å². The predicted octanol–water partition coefficient (Wildman–Crippen LogP) is 4.43. The zero-order chi connectivity index (χ0) is 23.0. The van der Waals surface area contributed by atoms with Gasteiger partial charge in [-0.2, -0.15) is 0 Å². The number of amides is 1. The molecule has 1 amide bonds. The van der Waals surface area contributed by atoms with Crippen LogP contribution in [0.25, 0.3) is 0 Å². The number of aliphatic hydroxyl groups is 1. The molecule has 32 heavy (non-hydrogen) atoms. The summed E-state index contributed by atoms with van der Waals surface area (Å²) in [5.41, 5.74) is -0.303. The monoisotopic (exact) mass is 448 g/mol. The molecule has 1 aromatic carbocycles. The second kappa shape index (κ2) is 9.38. The standard InChI is InChI=1S/C26H38F2N2O2/c1-4-29-15-22(21-11-10-20(27)12-24(21)28)23(16-29)25(31)30-13-17(2)26(32,18(3)14-30)19-8-6-5-7-9-19/h10-12,17-19,22-23,32H,4-9,13-16H2,1-3H3/t17-,18+,22-,23+,26-/m0/s1. The SMILES string of the molecule is CCN1C[C@@H](C(=O)N2C[C@@H](C)[C@](O)(C3CCCCC3)[C@@H](C)C2)[C@H](c2ccc(F)cc2F)C1. The Kier molecular flexibility index (Phi) is 6.92. The van der Waals surface area contributed by atoms with Crippen LogP contribution in [0.3, 0.4) is 0 Å². The van der Waals surface area contributed by atoms with Gasteiger partial charge in [0.05, 0.1) is 11.5 Å². The highest BCUT2D eigenvalue weighted by molar-refractivity contribution is 5.81. The van der Waals surface area contributed by atoms with E-state index in [9.17, 15) is 18.7 Å². The molecule has 0 spiro atoms. The second-order valence-electron chi connectivity index (χ2n) is 10.5. The first kappa shape index (κ1) is 23.6. The number of halogens is 2. The molecule has 0 aromatic heterocycles. The first-order valence-corrected chi connectivity index (χ1v) is 12.4. The summed E-state index contributed by atoms with van der Waals surface area (Å²) < 4.78 is 28.1. The fraction of sp³-hybridized carbons (Fsp3) is 0.731. The molecule has 1 N–H and O–H groups in total. The van der Waals surface area contributed by atoms with Crippen molar-refractivity contribution in [1.82, 2.24) is 9.80 Å². The van der Waals surface area contributed by atoms with Crippen molar-refractivity contribution in [3.8, 4) is 0 Å². The Morgan fingerprint density at radius 3 is 2.31 bits per heavy atom. The Bertz CT molecular complexity index is 814. The molecule has 178 valence electrons. The Labute approximate surface area is 191 Å². The molecule has 3 fully saturated rings. The van der Waals surface area contributed by atoms with Gasteiger partial charge in [0.25, 0.3) is 0 Å². The van der Waals surface area contributed by atoms with Crippen molar-refractivity contribution in [2.24, 2.45) is 23.7 Å². The van der Waals surface area contributed by atoms with Crippen molar-refractivity contribution in [3.05, 3.63) is 35.4 Å². The molecule has 1 aliphatic carbocycles. The van der Waals surface area contributed by atoms with Gasteiger partial charge < -0.3 is 14.9 Å². The number of likely N-dealkylation sites (N-methyl/N-ethyl adjacent to an activating group) is 1. The third-order valence-electron chi connectivity index (χ3n) is 8.66. The van der Waals surface area contributed by atoms with E-state index >= 15 is 0 Å². The number of hydrogen-bond donors (Lipinski definition) is 1. The van der Waals surface area contributed by atoms with Gasteiger partial charge in [-0.25, -0.2) is 8.78 Å². The number of carbonyl (C=O) groups excluding carboxylic acids is 1. The summed E-state index contributed by atoms with van der Waals surface area (Å²) in [7, 11) is 0. The lowest BCUT2D eigenvalue weighted by atomic mass is 9.63. The predicted molar refractivity (Wildman–Crippen MR) is 121 cm³/mol. The average Bonchev–Trinajstić information content (AvgIpc) is 3.21. The highest BCUT2D eigenvalue weighted by Crippen LogP contribution is 2.45. The van der Waals surface area contributed by atoms with Gasteiger partial charge in [0, 0.05) is 50.0 Å². The van der Waals surface area contributed by atoms with Crippen LogP contribution in [-0.2, 0) is 4.79 Å². The maximum absolute atomic E-state index is 14.6. The van der Waals surface area contributed by atoms with E-state index in [1.807, 2.05) is 11.8 Å². The highest BCUT2D eigenvalue weighted by Gasteiger charge is 2.51. The minimum Gasteiger partial charge on any atom is -0.389 e. The average molecular weight is 449 g/mol. The quantitative estimate of drug-likeness (QED) is 0.741. The van der Waals surface area contributed by atoms with E-state index < -0.39 is 17.2 Å². The van der Waals surface area contributed by atoms with Gasteiger partial charge in [0.1, 0.15) is 11.6 Å². The fourth-order valence-corrected chi connectivity index (χ4v) is 6.81. The molecule has 3 aliphatic rings. The number of benzene rings is 1. The minimum absolute atomic E-state index is 0.00277. The molecule has 2 saturated heterocycles. The van der Waals surface area contributed by atoms with E-state index in [1.54, 1.807) is 0 Å². The molecule has 2 aliphatic heterocycles. The van der Waals surface area contributed by atoms with Crippen molar-refractivity contribution in [2.45, 2.75) is 64.4 Å². The Morgan fingerprint density at radius 2 is 1.72 bits per heavy atom. The van der Waals surface area contributed by atoms with E-state index in [4.69, 9.17) is 0 Å². The first-order valence-electron chi connectivity index (χ1n) is 12.4. The summed E-state index contributed by atoms with van der Waals surface area (Å²) in [5, 5.41) is 11.7. The van der Waals surface area contributed by atoms with Crippen molar-refractivity contribution in [1.29, 1.82) is 0 Å². The molecule has 0 radical (unpaired) electrons. The van der Waals surface area contributed by atoms with E-state index in [1.165, 1.54) is 31.4 Å². The van der Waals surface area contributed by atoms with Crippen molar-refractivity contribution < 1.29 is 18.7 Å². The number of likely N-dealkylation sites (tertiary alicyclic amines) is 2. The van der Waals surface area contributed by atoms with Crippen molar-refractivity contribution in [2.75, 3.05) is 32.7 Å². The molecule has 2 heterocycles. The van der Waals surface area contributed by atoms with Gasteiger partial charge in [0.15, 0.2) is 0 Å². The number of piperidine rings is 1. The second-order valence-corrected chi connectivity index (χ2v) is 10.5. The summed E-state index contributed by atoms with van der Waals surface area (Å²) in [6, 6.07) is 3.70. The topological polar surface area (TPSA) is 43.8 Å². The van der Waals surface area contributed by atoms with Crippen molar-refractivity contribution >= 4 is 5.91 Å². The normalized spacial score (nSPS) is 34.8. The van der Waals surface area contributed by atoms with E-state index in [2.05, 4.69) is 18.7 Å². The zero-order valence-corrected chi connectivity index (χ0v) is 19.7. The van der Waals surface area contributed by atoms with Crippen LogP contribution in [-0.4, -0.2) is 59.1 Å². The van der Waals surface area contributed by atoms with E-state index in [0.29, 0.717) is 37.7 Å². The summed E-state index contributed by atoms with van der Waals surface area (Å²) in [6.07, 6.45) is 5.74. The molecule has 1 aromatic rings. The molecule has 6 heteroatoms. The number of hydrogen-bond acceptors (Lipinski definition) is 3. The van der Waals surface area contributed by atoms with Gasteiger partial charge in [-0.15, -0.1) is 0 Å².